The average Bonchev–Trinajstić information content (AvgIpc) is 3.42. The van der Waals surface area contributed by atoms with Gasteiger partial charge in [-0.25, -0.2) is 0 Å². The number of methoxy groups -OCH3 is 4. The molecule has 0 aliphatic carbocycles. The molecule has 16 nitrogen and oxygen atoms in total. The van der Waals surface area contributed by atoms with Gasteiger partial charge in [0.25, 0.3) is 0 Å². The number of ketones is 2. The van der Waals surface area contributed by atoms with Crippen molar-refractivity contribution in [1.29, 1.82) is 0 Å². The summed E-state index contributed by atoms with van der Waals surface area (Å²) in [5.41, 5.74) is 1.68. The Bertz CT molecular complexity index is 1990. The number of imide groups is 2. The SMILES string of the molecule is C=CCC/C=C/[C@H](OC)[C@@H](OCOC)[C@H](C)[C@@H](O)/C(C)=C/[C@H](C)C(=O)CCCC1CC(=O)NC(=O)C1.C=CCC/C=C/[C@H](OC)[C@@H](OCOC)[C@H](C)[C@H](O[Si](CC)(CC)CC)/C(C)=C/[C@H](C)C(=O)/C=C/CC1CC(=O)NC(=O)C1. The number of allylic oxidation sites excluding steroid dienone is 8. The van der Waals surface area contributed by atoms with E-state index in [0.717, 1.165) is 49.4 Å². The Morgan fingerprint density at radius 2 is 1.11 bits per heavy atom. The van der Waals surface area contributed by atoms with Crippen LogP contribution in [0.3, 0.4) is 0 Å². The molecular weight excluding hydrogens is 1020 g/mol. The summed E-state index contributed by atoms with van der Waals surface area (Å²) in [6.45, 7) is 25.9. The van der Waals surface area contributed by atoms with Gasteiger partial charge in [-0.2, -0.15) is 0 Å². The van der Waals surface area contributed by atoms with Gasteiger partial charge >= 0.3 is 0 Å². The van der Waals surface area contributed by atoms with Crippen LogP contribution in [-0.4, -0.2) is 127 Å². The Hall–Kier alpha value is -4.30. The highest BCUT2D eigenvalue weighted by molar-refractivity contribution is 6.73. The first-order valence-electron chi connectivity index (χ1n) is 28.6. The molecule has 10 atom stereocenters. The lowest BCUT2D eigenvalue weighted by atomic mass is 9.87. The van der Waals surface area contributed by atoms with Crippen LogP contribution in [0.2, 0.25) is 18.1 Å². The van der Waals surface area contributed by atoms with Crippen LogP contribution in [0.25, 0.3) is 0 Å². The lowest BCUT2D eigenvalue weighted by Gasteiger charge is -2.40. The Morgan fingerprint density at radius 3 is 1.56 bits per heavy atom. The molecule has 0 aromatic carbocycles. The number of ether oxygens (including phenoxy) is 6. The molecule has 0 aromatic heterocycles. The number of carbonyl (C=O) groups excluding carboxylic acids is 6. The first-order chi connectivity index (χ1) is 37.6. The van der Waals surface area contributed by atoms with Gasteiger partial charge in [0.1, 0.15) is 31.6 Å². The highest BCUT2D eigenvalue weighted by Crippen LogP contribution is 2.33. The maximum atomic E-state index is 13.1. The Labute approximate surface area is 475 Å². The third-order valence-electron chi connectivity index (χ3n) is 15.1. The number of Topliss-reactive ketones (excluding diaryl/α,β-unsaturated/α-hetero) is 1. The van der Waals surface area contributed by atoms with Crippen LogP contribution in [0.15, 0.2) is 85.1 Å². The molecule has 0 aromatic rings. The summed E-state index contributed by atoms with van der Waals surface area (Å²) in [4.78, 5) is 72.2. The molecule has 79 heavy (non-hydrogen) atoms. The van der Waals surface area contributed by atoms with Crippen molar-refractivity contribution in [2.24, 2.45) is 35.5 Å². The van der Waals surface area contributed by atoms with E-state index in [4.69, 9.17) is 32.8 Å². The second kappa shape index (κ2) is 40.8. The zero-order valence-electron chi connectivity index (χ0n) is 50.4. The minimum Gasteiger partial charge on any atom is -0.410 e. The van der Waals surface area contributed by atoms with Crippen LogP contribution >= 0.6 is 0 Å². The van der Waals surface area contributed by atoms with E-state index in [9.17, 15) is 33.9 Å². The molecule has 17 heteroatoms. The van der Waals surface area contributed by atoms with E-state index in [0.29, 0.717) is 56.9 Å². The molecule has 2 rings (SSSR count). The second-order valence-corrected chi connectivity index (χ2v) is 26.0. The van der Waals surface area contributed by atoms with Crippen molar-refractivity contribution >= 4 is 43.5 Å². The number of piperidine rings is 2. The van der Waals surface area contributed by atoms with Gasteiger partial charge in [-0.05, 0) is 106 Å². The van der Waals surface area contributed by atoms with Crippen molar-refractivity contribution in [2.45, 2.75) is 194 Å². The number of hydrogen-bond acceptors (Lipinski definition) is 14. The van der Waals surface area contributed by atoms with Gasteiger partial charge in [0.15, 0.2) is 14.1 Å². The Morgan fingerprint density at radius 1 is 0.658 bits per heavy atom. The van der Waals surface area contributed by atoms with E-state index in [1.54, 1.807) is 46.7 Å². The first kappa shape index (κ1) is 72.7. The number of hydrogen-bond donors (Lipinski definition) is 3. The maximum absolute atomic E-state index is 13.1. The van der Waals surface area contributed by atoms with E-state index < -0.39 is 20.5 Å². The van der Waals surface area contributed by atoms with Crippen molar-refractivity contribution in [3.63, 3.8) is 0 Å². The van der Waals surface area contributed by atoms with Crippen molar-refractivity contribution < 1.29 is 66.7 Å². The zero-order valence-corrected chi connectivity index (χ0v) is 51.4. The summed E-state index contributed by atoms with van der Waals surface area (Å²) in [6, 6.07) is 2.98. The van der Waals surface area contributed by atoms with E-state index in [-0.39, 0.29) is 109 Å². The van der Waals surface area contributed by atoms with Crippen LogP contribution in [0.4, 0.5) is 0 Å². The van der Waals surface area contributed by atoms with Crippen molar-refractivity contribution in [1.82, 2.24) is 10.6 Å². The molecule has 2 aliphatic rings. The minimum atomic E-state index is -2.05. The lowest BCUT2D eigenvalue weighted by Crippen LogP contribution is -2.48. The molecule has 2 fully saturated rings. The highest BCUT2D eigenvalue weighted by atomic mass is 28.4. The van der Waals surface area contributed by atoms with Gasteiger partial charge in [-0.15, -0.1) is 13.2 Å². The number of aliphatic hydroxyl groups excluding tert-OH is 1. The van der Waals surface area contributed by atoms with Gasteiger partial charge in [-0.1, -0.05) is 103 Å². The molecule has 0 spiro atoms. The monoisotopic (exact) mass is 1130 g/mol. The smallest absolute Gasteiger partial charge is 0.226 e. The highest BCUT2D eigenvalue weighted by Gasteiger charge is 2.40. The van der Waals surface area contributed by atoms with Gasteiger partial charge in [0.2, 0.25) is 23.6 Å². The van der Waals surface area contributed by atoms with E-state index in [1.807, 2.05) is 71.1 Å². The average molecular weight is 1130 g/mol. The summed E-state index contributed by atoms with van der Waals surface area (Å²) >= 11 is 0. The molecule has 4 amide bonds. The van der Waals surface area contributed by atoms with Crippen molar-refractivity contribution in [3.05, 3.63) is 85.1 Å². The number of amides is 4. The molecule has 0 bridgehead atoms. The summed E-state index contributed by atoms with van der Waals surface area (Å²) < 4.78 is 41.2. The fraction of sp³-hybridized carbons (Fsp3) is 0.677. The standard InChI is InChI=1S/C34H57NO7Si.C28H45NO7/c1-10-14-15-16-20-30(40-9)34(41-24-39-8)27(7)33(42-43(11-2,12-3)13-4)26(6)21-25(5)29(36)19-17-18-28-22-31(37)35-32(38)23-28;1-7-8-9-10-14-24(35-6)28(36-18-34-5)21(4)27(33)20(3)15-19(2)23(30)13-11-12-22-16-25(31)29-26(32)17-22/h10,16-17,19-21,25,27-28,30,33-34H,1,11-15,18,22-24H2,2-9H3,(H,35,37,38);7,10,14-15,19,21-22,24,27-28,33H,1,8-9,11-13,16-18H2,2-6H3,(H,29,31,32)/b19-17+,20-16+,26-21+;14-10+,20-15+/t25-,27+,30-,33+,34-;19-,21+,24-,27-,28-/m00/s1. The van der Waals surface area contributed by atoms with E-state index in [2.05, 4.69) is 57.6 Å². The summed E-state index contributed by atoms with van der Waals surface area (Å²) in [5, 5.41) is 15.7. The zero-order chi connectivity index (χ0) is 59.5. The van der Waals surface area contributed by atoms with E-state index >= 15 is 0 Å². The molecule has 2 aliphatic heterocycles. The summed E-state index contributed by atoms with van der Waals surface area (Å²) in [6.07, 6.45) is 23.2. The van der Waals surface area contributed by atoms with E-state index in [1.165, 1.54) is 0 Å². The third-order valence-corrected chi connectivity index (χ3v) is 19.8. The van der Waals surface area contributed by atoms with Gasteiger partial charge in [0.05, 0.1) is 24.4 Å². The molecule has 0 saturated carbocycles. The minimum absolute atomic E-state index is 0.00195. The molecule has 3 N–H and O–H groups in total. The fourth-order valence-corrected chi connectivity index (χ4v) is 13.1. The number of rotatable bonds is 40. The fourth-order valence-electron chi connectivity index (χ4n) is 10.1. The predicted octanol–water partition coefficient (Wildman–Crippen LogP) is 10.6. The number of aliphatic hydroxyl groups is 1. The molecular formula is C62H102N2O14Si. The third kappa shape index (κ3) is 27.3. The van der Waals surface area contributed by atoms with Crippen LogP contribution in [-0.2, 0) is 61.6 Å². The number of nitrogens with one attached hydrogen (secondary N) is 2. The lowest BCUT2D eigenvalue weighted by molar-refractivity contribution is -0.139. The maximum Gasteiger partial charge on any atom is 0.226 e. The number of unbranched alkanes of at least 4 members (excludes halogenated alkanes) is 2. The summed E-state index contributed by atoms with van der Waals surface area (Å²) in [5.74, 6) is -2.21. The Balaban J connectivity index is 0.000000803. The van der Waals surface area contributed by atoms with Crippen LogP contribution < -0.4 is 10.6 Å². The normalized spacial score (nSPS) is 19.2. The predicted molar refractivity (Wildman–Crippen MR) is 314 cm³/mol. The molecule has 2 heterocycles. The topological polar surface area (TPSA) is 211 Å². The van der Waals surface area contributed by atoms with Crippen molar-refractivity contribution in [3.8, 4) is 0 Å². The molecule has 448 valence electrons. The van der Waals surface area contributed by atoms with Gasteiger partial charge < -0.3 is 38.0 Å². The van der Waals surface area contributed by atoms with Crippen molar-refractivity contribution in [2.75, 3.05) is 42.0 Å². The van der Waals surface area contributed by atoms with Crippen LogP contribution in [0, 0.1) is 35.5 Å². The largest absolute Gasteiger partial charge is 0.410 e. The second-order valence-electron chi connectivity index (χ2n) is 21.3. The summed E-state index contributed by atoms with van der Waals surface area (Å²) in [7, 11) is 4.38. The van der Waals surface area contributed by atoms with Crippen LogP contribution in [0.5, 0.6) is 0 Å². The number of carbonyl (C=O) groups is 6. The molecule has 0 radical (unpaired) electrons. The molecule has 0 unspecified atom stereocenters. The molecule has 2 saturated heterocycles. The Kier molecular flexibility index (Phi) is 37.6. The first-order valence-corrected chi connectivity index (χ1v) is 31.1. The van der Waals surface area contributed by atoms with Gasteiger partial charge in [0, 0.05) is 84.2 Å². The van der Waals surface area contributed by atoms with Crippen LogP contribution in [0.1, 0.15) is 139 Å². The van der Waals surface area contributed by atoms with Gasteiger partial charge in [-0.3, -0.25) is 39.4 Å². The quantitative estimate of drug-likeness (QED) is 0.0130.